The number of benzene rings is 2. The zero-order valence-corrected chi connectivity index (χ0v) is 16.3. The van der Waals surface area contributed by atoms with Crippen LogP contribution in [0.4, 0.5) is 11.4 Å². The van der Waals surface area contributed by atoms with Crippen LogP contribution in [0.15, 0.2) is 53.0 Å². The van der Waals surface area contributed by atoms with Gasteiger partial charge in [0.05, 0.1) is 18.8 Å². The standard InChI is InChI=1S/C20H22BrN3O2/c1-14-10-11-15-6-2-5-9-18(15)24(14)13-20(26)22-12-19(25)23-17-8-4-3-7-16(17)21/h2-9,14H,10-13H2,1H3,(H,22,26)(H,23,25)/t14-/m1/s1. The second-order valence-electron chi connectivity index (χ2n) is 6.45. The molecule has 1 atom stereocenters. The number of carbonyl (C=O) groups is 2. The SMILES string of the molecule is C[C@@H]1CCc2ccccc2N1CC(=O)NCC(=O)Nc1ccccc1Br. The van der Waals surface area contributed by atoms with Crippen LogP contribution in [0.2, 0.25) is 0 Å². The summed E-state index contributed by atoms with van der Waals surface area (Å²) in [4.78, 5) is 26.5. The first-order valence-electron chi connectivity index (χ1n) is 8.70. The first-order chi connectivity index (χ1) is 12.5. The molecule has 0 fully saturated rings. The topological polar surface area (TPSA) is 61.4 Å². The van der Waals surface area contributed by atoms with Gasteiger partial charge in [-0.1, -0.05) is 30.3 Å². The van der Waals surface area contributed by atoms with Crippen molar-refractivity contribution in [1.82, 2.24) is 5.32 Å². The van der Waals surface area contributed by atoms with Crippen molar-refractivity contribution in [2.75, 3.05) is 23.3 Å². The Hall–Kier alpha value is -2.34. The highest BCUT2D eigenvalue weighted by Gasteiger charge is 2.24. The van der Waals surface area contributed by atoms with Gasteiger partial charge in [0, 0.05) is 16.2 Å². The van der Waals surface area contributed by atoms with Crippen molar-refractivity contribution in [1.29, 1.82) is 0 Å². The van der Waals surface area contributed by atoms with E-state index < -0.39 is 0 Å². The van der Waals surface area contributed by atoms with E-state index >= 15 is 0 Å². The van der Waals surface area contributed by atoms with Crippen LogP contribution in [0.1, 0.15) is 18.9 Å². The molecule has 26 heavy (non-hydrogen) atoms. The Morgan fingerprint density at radius 1 is 1.12 bits per heavy atom. The summed E-state index contributed by atoms with van der Waals surface area (Å²) < 4.78 is 0.804. The van der Waals surface area contributed by atoms with E-state index in [1.165, 1.54) is 5.56 Å². The minimum Gasteiger partial charge on any atom is -0.359 e. The fourth-order valence-corrected chi connectivity index (χ4v) is 3.53. The van der Waals surface area contributed by atoms with Gasteiger partial charge >= 0.3 is 0 Å². The van der Waals surface area contributed by atoms with E-state index in [2.05, 4.69) is 50.5 Å². The number of halogens is 1. The first-order valence-corrected chi connectivity index (χ1v) is 9.49. The predicted molar refractivity (Wildman–Crippen MR) is 107 cm³/mol. The molecule has 1 aliphatic rings. The number of hydrogen-bond donors (Lipinski definition) is 2. The Morgan fingerprint density at radius 3 is 2.65 bits per heavy atom. The lowest BCUT2D eigenvalue weighted by atomic mass is 9.97. The van der Waals surface area contributed by atoms with E-state index in [1.54, 1.807) is 6.07 Å². The number of hydrogen-bond acceptors (Lipinski definition) is 3. The number of amides is 2. The molecule has 0 saturated heterocycles. The van der Waals surface area contributed by atoms with E-state index in [9.17, 15) is 9.59 Å². The molecule has 0 spiro atoms. The van der Waals surface area contributed by atoms with Crippen LogP contribution in [-0.4, -0.2) is 30.9 Å². The number of carbonyl (C=O) groups excluding carboxylic acids is 2. The second-order valence-corrected chi connectivity index (χ2v) is 7.30. The van der Waals surface area contributed by atoms with Crippen molar-refractivity contribution >= 4 is 39.1 Å². The number of nitrogens with zero attached hydrogens (tertiary/aromatic N) is 1. The molecule has 136 valence electrons. The summed E-state index contributed by atoms with van der Waals surface area (Å²) in [6.45, 7) is 2.33. The summed E-state index contributed by atoms with van der Waals surface area (Å²) in [6.07, 6.45) is 2.05. The molecule has 2 amide bonds. The van der Waals surface area contributed by atoms with Crippen LogP contribution in [0, 0.1) is 0 Å². The van der Waals surface area contributed by atoms with E-state index in [0.717, 1.165) is 23.0 Å². The third kappa shape index (κ3) is 4.43. The smallest absolute Gasteiger partial charge is 0.243 e. The lowest BCUT2D eigenvalue weighted by molar-refractivity contribution is -0.123. The van der Waals surface area contributed by atoms with Crippen LogP contribution in [0.5, 0.6) is 0 Å². The molecule has 2 aromatic carbocycles. The molecule has 6 heteroatoms. The minimum absolute atomic E-state index is 0.0516. The van der Waals surface area contributed by atoms with Crippen molar-refractivity contribution in [2.24, 2.45) is 0 Å². The van der Waals surface area contributed by atoms with Gasteiger partial charge in [-0.05, 0) is 59.5 Å². The highest BCUT2D eigenvalue weighted by molar-refractivity contribution is 9.10. The normalized spacial score (nSPS) is 15.9. The van der Waals surface area contributed by atoms with Crippen LogP contribution < -0.4 is 15.5 Å². The van der Waals surface area contributed by atoms with Gasteiger partial charge < -0.3 is 15.5 Å². The van der Waals surface area contributed by atoms with Gasteiger partial charge in [-0.2, -0.15) is 0 Å². The number of aryl methyl sites for hydroxylation is 1. The summed E-state index contributed by atoms with van der Waals surface area (Å²) in [5.74, 6) is -0.409. The Labute approximate surface area is 161 Å². The van der Waals surface area contributed by atoms with Crippen LogP contribution >= 0.6 is 15.9 Å². The van der Waals surface area contributed by atoms with Crippen LogP contribution in [0.3, 0.4) is 0 Å². The highest BCUT2D eigenvalue weighted by atomic mass is 79.9. The molecule has 0 unspecified atom stereocenters. The van der Waals surface area contributed by atoms with Crippen molar-refractivity contribution < 1.29 is 9.59 Å². The molecule has 0 radical (unpaired) electrons. The fraction of sp³-hybridized carbons (Fsp3) is 0.300. The number of fused-ring (bicyclic) bond motifs is 1. The Balaban J connectivity index is 1.54. The molecule has 2 aromatic rings. The second kappa shape index (κ2) is 8.36. The Kier molecular flexibility index (Phi) is 5.93. The summed E-state index contributed by atoms with van der Waals surface area (Å²) in [6, 6.07) is 15.8. The summed E-state index contributed by atoms with van der Waals surface area (Å²) >= 11 is 3.38. The lowest BCUT2D eigenvalue weighted by Gasteiger charge is -2.36. The van der Waals surface area contributed by atoms with E-state index in [4.69, 9.17) is 0 Å². The maximum absolute atomic E-state index is 12.3. The Bertz CT molecular complexity index is 809. The van der Waals surface area contributed by atoms with Gasteiger partial charge in [-0.25, -0.2) is 0 Å². The first kappa shape index (κ1) is 18.5. The summed E-state index contributed by atoms with van der Waals surface area (Å²) in [5.41, 5.74) is 3.06. The molecule has 0 bridgehead atoms. The summed E-state index contributed by atoms with van der Waals surface area (Å²) in [5, 5.41) is 5.49. The molecule has 0 aromatic heterocycles. The highest BCUT2D eigenvalue weighted by Crippen LogP contribution is 2.29. The molecule has 5 nitrogen and oxygen atoms in total. The van der Waals surface area contributed by atoms with Gasteiger partial charge in [0.15, 0.2) is 0 Å². The molecule has 1 heterocycles. The molecular formula is C20H22BrN3O2. The molecule has 0 saturated carbocycles. The van der Waals surface area contributed by atoms with Gasteiger partial charge in [0.25, 0.3) is 0 Å². The molecule has 3 rings (SSSR count). The van der Waals surface area contributed by atoms with E-state index in [-0.39, 0.29) is 24.9 Å². The van der Waals surface area contributed by atoms with Crippen LogP contribution in [0.25, 0.3) is 0 Å². The molecule has 1 aliphatic heterocycles. The Morgan fingerprint density at radius 2 is 1.85 bits per heavy atom. The average molecular weight is 416 g/mol. The van der Waals surface area contributed by atoms with Gasteiger partial charge in [0.2, 0.25) is 11.8 Å². The maximum Gasteiger partial charge on any atom is 0.243 e. The lowest BCUT2D eigenvalue weighted by Crippen LogP contribution is -2.45. The maximum atomic E-state index is 12.3. The van der Waals surface area contributed by atoms with Crippen molar-refractivity contribution in [3.63, 3.8) is 0 Å². The monoisotopic (exact) mass is 415 g/mol. The van der Waals surface area contributed by atoms with Gasteiger partial charge in [-0.3, -0.25) is 9.59 Å². The minimum atomic E-state index is -0.252. The van der Waals surface area contributed by atoms with E-state index in [1.807, 2.05) is 30.3 Å². The zero-order valence-electron chi connectivity index (χ0n) is 14.7. The van der Waals surface area contributed by atoms with Crippen molar-refractivity contribution in [3.05, 3.63) is 58.6 Å². The number of nitrogens with one attached hydrogen (secondary N) is 2. The number of anilines is 2. The third-order valence-electron chi connectivity index (χ3n) is 4.57. The zero-order chi connectivity index (χ0) is 18.5. The van der Waals surface area contributed by atoms with Crippen molar-refractivity contribution in [2.45, 2.75) is 25.8 Å². The average Bonchev–Trinajstić information content (AvgIpc) is 2.64. The molecule has 0 aliphatic carbocycles. The quantitative estimate of drug-likeness (QED) is 0.786. The fourth-order valence-electron chi connectivity index (χ4n) is 3.15. The summed E-state index contributed by atoms with van der Waals surface area (Å²) in [7, 11) is 0. The largest absolute Gasteiger partial charge is 0.359 e. The number of rotatable bonds is 5. The molecule has 2 N–H and O–H groups in total. The third-order valence-corrected chi connectivity index (χ3v) is 5.26. The molecular weight excluding hydrogens is 394 g/mol. The van der Waals surface area contributed by atoms with Crippen LogP contribution in [-0.2, 0) is 16.0 Å². The predicted octanol–water partition coefficient (Wildman–Crippen LogP) is 3.35. The number of para-hydroxylation sites is 2. The van der Waals surface area contributed by atoms with Crippen molar-refractivity contribution in [3.8, 4) is 0 Å². The van der Waals surface area contributed by atoms with E-state index in [0.29, 0.717) is 11.7 Å². The van der Waals surface area contributed by atoms with Gasteiger partial charge in [-0.15, -0.1) is 0 Å². The van der Waals surface area contributed by atoms with Gasteiger partial charge in [0.1, 0.15) is 0 Å².